The van der Waals surface area contributed by atoms with Gasteiger partial charge in [0.25, 0.3) is 5.91 Å². The van der Waals surface area contributed by atoms with E-state index in [1.54, 1.807) is 0 Å². The minimum atomic E-state index is -0.795. The molecule has 1 aliphatic heterocycles. The molecule has 1 rings (SSSR count). The Balaban J connectivity index is 0. The van der Waals surface area contributed by atoms with Gasteiger partial charge in [0, 0.05) is 5.92 Å². The first-order valence-corrected chi connectivity index (χ1v) is 4.33. The molecule has 1 aliphatic rings. The third-order valence-electron chi connectivity index (χ3n) is 1.95. The van der Waals surface area contributed by atoms with Crippen LogP contribution in [0.5, 0.6) is 0 Å². The van der Waals surface area contributed by atoms with E-state index in [1.165, 1.54) is 0 Å². The minimum Gasteiger partial charge on any atom is -0.372 e. The number of rotatable bonds is 2. The predicted octanol–water partition coefficient (Wildman–Crippen LogP) is -1.44. The molecule has 0 aromatic rings. The first kappa shape index (κ1) is 16.3. The van der Waals surface area contributed by atoms with Crippen LogP contribution in [0, 0.1) is 5.92 Å². The molecule has 2 amide bonds. The van der Waals surface area contributed by atoms with Gasteiger partial charge in [0.2, 0.25) is 12.2 Å². The van der Waals surface area contributed by atoms with Crippen molar-refractivity contribution in [2.75, 3.05) is 13.1 Å². The third-order valence-corrected chi connectivity index (χ3v) is 1.95. The van der Waals surface area contributed by atoms with Crippen molar-refractivity contribution in [1.29, 1.82) is 0 Å². The number of halogens is 1. The molecular weight excluding hydrogens is 222 g/mol. The molecule has 0 spiro atoms. The smallest absolute Gasteiger partial charge is 0.285 e. The van der Waals surface area contributed by atoms with Gasteiger partial charge in [0.1, 0.15) is 0 Å². The average Bonchev–Trinajstić information content (AvgIpc) is 2.19. The van der Waals surface area contributed by atoms with Gasteiger partial charge in [-0.25, -0.2) is 0 Å². The highest BCUT2D eigenvalue weighted by molar-refractivity contribution is 6.36. The lowest BCUT2D eigenvalue weighted by Gasteiger charge is -2.19. The van der Waals surface area contributed by atoms with Crippen LogP contribution in [0.1, 0.15) is 12.8 Å². The normalized spacial score (nSPS) is 15.2. The summed E-state index contributed by atoms with van der Waals surface area (Å²) in [5, 5.41) is 3.10. The summed E-state index contributed by atoms with van der Waals surface area (Å²) in [6.45, 7) is 1.62. The molecule has 0 bridgehead atoms. The van der Waals surface area contributed by atoms with Crippen molar-refractivity contribution in [3.8, 4) is 0 Å². The zero-order chi connectivity index (χ0) is 11.0. The maximum absolute atomic E-state index is 11.0. The fourth-order valence-corrected chi connectivity index (χ4v) is 1.29. The summed E-state index contributed by atoms with van der Waals surface area (Å²) in [6.07, 6.45) is 1.73. The average molecular weight is 238 g/mol. The van der Waals surface area contributed by atoms with Crippen molar-refractivity contribution in [2.45, 2.75) is 12.8 Å². The maximum atomic E-state index is 11.0. The molecule has 0 unspecified atom stereocenters. The molecular formula is C8H16ClN3O3. The number of amides is 2. The fraction of sp³-hybridized carbons (Fsp3) is 0.625. The van der Waals surface area contributed by atoms with E-state index in [4.69, 9.17) is 10.5 Å². The maximum Gasteiger partial charge on any atom is 0.285 e. The molecule has 1 saturated heterocycles. The van der Waals surface area contributed by atoms with Gasteiger partial charge in [-0.1, -0.05) is 0 Å². The molecule has 0 aliphatic carbocycles. The number of hydrogen-bond donors (Lipinski definition) is 3. The Labute approximate surface area is 94.2 Å². The number of nitrogens with two attached hydrogens (primary N) is 2. The van der Waals surface area contributed by atoms with E-state index < -0.39 is 11.7 Å². The number of carbonyl (C=O) groups is 3. The quantitative estimate of drug-likeness (QED) is 0.403. The van der Waals surface area contributed by atoms with E-state index in [0.717, 1.165) is 25.9 Å². The molecule has 7 heteroatoms. The van der Waals surface area contributed by atoms with Gasteiger partial charge < -0.3 is 16.8 Å². The molecule has 1 fully saturated rings. The van der Waals surface area contributed by atoms with Gasteiger partial charge in [0.15, 0.2) is 0 Å². The minimum absolute atomic E-state index is 0. The number of nitrogens with one attached hydrogen (secondary N) is 1. The second kappa shape index (κ2) is 9.42. The van der Waals surface area contributed by atoms with Crippen molar-refractivity contribution in [2.24, 2.45) is 17.4 Å². The van der Waals surface area contributed by atoms with Crippen LogP contribution in [0.15, 0.2) is 0 Å². The van der Waals surface area contributed by atoms with Crippen LogP contribution < -0.4 is 16.8 Å². The molecule has 0 aromatic heterocycles. The molecule has 1 heterocycles. The van der Waals surface area contributed by atoms with E-state index in [0.29, 0.717) is 0 Å². The second-order valence-electron chi connectivity index (χ2n) is 2.89. The van der Waals surface area contributed by atoms with Crippen LogP contribution in [0.3, 0.4) is 0 Å². The second-order valence-corrected chi connectivity index (χ2v) is 2.89. The number of piperidine rings is 1. The number of hydrogen-bond acceptors (Lipinski definition) is 4. The van der Waals surface area contributed by atoms with Crippen LogP contribution in [0.2, 0.25) is 0 Å². The van der Waals surface area contributed by atoms with Crippen LogP contribution in [-0.2, 0) is 14.4 Å². The van der Waals surface area contributed by atoms with E-state index in [2.05, 4.69) is 11.1 Å². The first-order chi connectivity index (χ1) is 6.63. The van der Waals surface area contributed by atoms with Gasteiger partial charge in [-0.15, -0.1) is 12.4 Å². The summed E-state index contributed by atoms with van der Waals surface area (Å²) >= 11 is 0. The highest BCUT2D eigenvalue weighted by Gasteiger charge is 2.24. The zero-order valence-corrected chi connectivity index (χ0v) is 9.09. The topological polar surface area (TPSA) is 115 Å². The molecule has 0 radical (unpaired) electrons. The lowest BCUT2D eigenvalue weighted by Crippen LogP contribution is -2.37. The van der Waals surface area contributed by atoms with Crippen molar-refractivity contribution in [3.05, 3.63) is 0 Å². The highest BCUT2D eigenvalue weighted by Crippen LogP contribution is 2.11. The summed E-state index contributed by atoms with van der Waals surface area (Å²) in [4.78, 5) is 30.0. The standard InChI is InChI=1S/C7H12N2O2.CH3NO.ClH/c8-7(11)6(10)5-1-3-9-4-2-5;2-1-3;/h5,9H,1-4H2,(H2,8,11);1H,(H2,2,3);1H. The van der Waals surface area contributed by atoms with Crippen molar-refractivity contribution in [1.82, 2.24) is 5.32 Å². The summed E-state index contributed by atoms with van der Waals surface area (Å²) in [5.74, 6) is -1.34. The van der Waals surface area contributed by atoms with Crippen LogP contribution in [-0.4, -0.2) is 31.2 Å². The van der Waals surface area contributed by atoms with Crippen LogP contribution in [0.25, 0.3) is 0 Å². The van der Waals surface area contributed by atoms with Crippen LogP contribution >= 0.6 is 12.4 Å². The first-order valence-electron chi connectivity index (χ1n) is 4.33. The lowest BCUT2D eigenvalue weighted by molar-refractivity contribution is -0.138. The molecule has 0 aromatic carbocycles. The largest absolute Gasteiger partial charge is 0.372 e. The number of ketones is 1. The monoisotopic (exact) mass is 237 g/mol. The van der Waals surface area contributed by atoms with E-state index in [-0.39, 0.29) is 24.7 Å². The number of Topliss-reactive ketones (excluding diaryl/α,β-unsaturated/α-hetero) is 1. The Bertz CT molecular complexity index is 217. The SMILES string of the molecule is Cl.NC(=O)C(=O)C1CCNCC1.NC=O. The molecule has 6 nitrogen and oxygen atoms in total. The van der Waals surface area contributed by atoms with Crippen molar-refractivity contribution >= 4 is 30.5 Å². The molecule has 15 heavy (non-hydrogen) atoms. The number of primary amides is 2. The lowest BCUT2D eigenvalue weighted by atomic mass is 9.93. The highest BCUT2D eigenvalue weighted by atomic mass is 35.5. The Hall–Kier alpha value is -1.14. The van der Waals surface area contributed by atoms with Crippen molar-refractivity contribution in [3.63, 3.8) is 0 Å². The van der Waals surface area contributed by atoms with Gasteiger partial charge in [-0.05, 0) is 25.9 Å². The summed E-state index contributed by atoms with van der Waals surface area (Å²) in [7, 11) is 0. The third kappa shape index (κ3) is 6.87. The molecule has 0 saturated carbocycles. The van der Waals surface area contributed by atoms with E-state index in [1.807, 2.05) is 0 Å². The predicted molar refractivity (Wildman–Crippen MR) is 57.3 cm³/mol. The Morgan fingerprint density at radius 2 is 1.67 bits per heavy atom. The van der Waals surface area contributed by atoms with Crippen molar-refractivity contribution < 1.29 is 14.4 Å². The van der Waals surface area contributed by atoms with Gasteiger partial charge in [-0.2, -0.15) is 0 Å². The summed E-state index contributed by atoms with van der Waals surface area (Å²) < 4.78 is 0. The summed E-state index contributed by atoms with van der Waals surface area (Å²) in [6, 6.07) is 0. The van der Waals surface area contributed by atoms with Crippen LogP contribution in [0.4, 0.5) is 0 Å². The number of carbonyl (C=O) groups excluding carboxylic acids is 3. The van der Waals surface area contributed by atoms with E-state index in [9.17, 15) is 9.59 Å². The zero-order valence-electron chi connectivity index (χ0n) is 8.27. The molecule has 5 N–H and O–H groups in total. The Kier molecular flexibility index (Phi) is 10.2. The van der Waals surface area contributed by atoms with Gasteiger partial charge in [0.05, 0.1) is 0 Å². The van der Waals surface area contributed by atoms with Gasteiger partial charge >= 0.3 is 0 Å². The Morgan fingerprint density at radius 1 is 1.27 bits per heavy atom. The van der Waals surface area contributed by atoms with E-state index >= 15 is 0 Å². The summed E-state index contributed by atoms with van der Waals surface area (Å²) in [5.41, 5.74) is 9.02. The van der Waals surface area contributed by atoms with Gasteiger partial charge in [-0.3, -0.25) is 14.4 Å². The fourth-order valence-electron chi connectivity index (χ4n) is 1.29. The Morgan fingerprint density at radius 3 is 2.00 bits per heavy atom. The molecule has 0 atom stereocenters. The molecule has 88 valence electrons.